The van der Waals surface area contributed by atoms with Crippen molar-refractivity contribution in [3.05, 3.63) is 53.2 Å². The molecule has 0 aliphatic carbocycles. The van der Waals surface area contributed by atoms with Crippen LogP contribution in [0.3, 0.4) is 0 Å². The fraction of sp³-hybridized carbons (Fsp3) is 0.0714. The van der Waals surface area contributed by atoms with Crippen LogP contribution >= 0.6 is 11.6 Å². The number of furan rings is 1. The predicted molar refractivity (Wildman–Crippen MR) is 75.4 cm³/mol. The van der Waals surface area contributed by atoms with Crippen LogP contribution in [-0.4, -0.2) is 9.78 Å². The van der Waals surface area contributed by atoms with Crippen molar-refractivity contribution < 1.29 is 8.81 Å². The first kappa shape index (κ1) is 12.7. The summed E-state index contributed by atoms with van der Waals surface area (Å²) >= 11 is 5.67. The summed E-state index contributed by atoms with van der Waals surface area (Å²) in [5.74, 6) is 0.638. The number of hydrogen-bond donors (Lipinski definition) is 1. The zero-order valence-electron chi connectivity index (χ0n) is 10.6. The minimum atomic E-state index is -0.514. The van der Waals surface area contributed by atoms with E-state index in [0.29, 0.717) is 17.2 Å². The lowest BCUT2D eigenvalue weighted by atomic mass is 10.2. The Hall–Kier alpha value is -2.27. The standard InChI is InChI=1S/C14H11ClFN3O/c1-8-10(4-5-20-8)13-7-14(17)19(18-13)9-2-3-11(15)12(16)6-9/h2-7H,17H2,1H3. The Bertz CT molecular complexity index is 779. The van der Waals surface area contributed by atoms with E-state index in [1.807, 2.05) is 13.0 Å². The molecule has 0 fully saturated rings. The van der Waals surface area contributed by atoms with E-state index in [1.165, 1.54) is 16.8 Å². The Balaban J connectivity index is 2.09. The number of nitrogens with zero attached hydrogens (tertiary/aromatic N) is 2. The van der Waals surface area contributed by atoms with Crippen LogP contribution < -0.4 is 5.73 Å². The third kappa shape index (κ3) is 2.06. The number of anilines is 1. The monoisotopic (exact) mass is 291 g/mol. The molecule has 1 aromatic carbocycles. The third-order valence-corrected chi connectivity index (χ3v) is 3.33. The average Bonchev–Trinajstić information content (AvgIpc) is 2.99. The largest absolute Gasteiger partial charge is 0.469 e. The van der Waals surface area contributed by atoms with Gasteiger partial charge in [0, 0.05) is 17.7 Å². The van der Waals surface area contributed by atoms with Gasteiger partial charge in [-0.25, -0.2) is 9.07 Å². The molecule has 3 aromatic rings. The van der Waals surface area contributed by atoms with Gasteiger partial charge in [0.1, 0.15) is 17.4 Å². The van der Waals surface area contributed by atoms with Gasteiger partial charge in [0.25, 0.3) is 0 Å². The Labute approximate surface area is 119 Å². The van der Waals surface area contributed by atoms with E-state index in [2.05, 4.69) is 5.10 Å². The molecule has 0 amide bonds. The summed E-state index contributed by atoms with van der Waals surface area (Å²) in [6.07, 6.45) is 1.59. The van der Waals surface area contributed by atoms with Crippen LogP contribution in [0, 0.1) is 12.7 Å². The predicted octanol–water partition coefficient (Wildman–Crippen LogP) is 3.82. The fourth-order valence-corrected chi connectivity index (χ4v) is 2.12. The maximum absolute atomic E-state index is 13.5. The number of aryl methyl sites for hydroxylation is 1. The van der Waals surface area contributed by atoms with Crippen molar-refractivity contribution in [1.82, 2.24) is 9.78 Å². The lowest BCUT2D eigenvalue weighted by molar-refractivity contribution is 0.535. The molecule has 0 unspecified atom stereocenters. The number of rotatable bonds is 2. The topological polar surface area (TPSA) is 57.0 Å². The van der Waals surface area contributed by atoms with Crippen LogP contribution in [0.2, 0.25) is 5.02 Å². The number of benzene rings is 1. The maximum atomic E-state index is 13.5. The number of halogens is 2. The lowest BCUT2D eigenvalue weighted by Crippen LogP contribution is -2.02. The third-order valence-electron chi connectivity index (χ3n) is 3.02. The molecule has 102 valence electrons. The van der Waals surface area contributed by atoms with Crippen LogP contribution in [0.25, 0.3) is 16.9 Å². The van der Waals surface area contributed by atoms with Gasteiger partial charge in [-0.2, -0.15) is 5.10 Å². The Kier molecular flexibility index (Phi) is 2.99. The van der Waals surface area contributed by atoms with E-state index in [9.17, 15) is 4.39 Å². The van der Waals surface area contributed by atoms with Crippen molar-refractivity contribution in [2.75, 3.05) is 5.73 Å². The molecule has 2 heterocycles. The highest BCUT2D eigenvalue weighted by Crippen LogP contribution is 2.27. The molecule has 4 nitrogen and oxygen atoms in total. The SMILES string of the molecule is Cc1occc1-c1cc(N)n(-c2ccc(Cl)c(F)c2)n1. The summed E-state index contributed by atoms with van der Waals surface area (Å²) in [4.78, 5) is 0. The minimum Gasteiger partial charge on any atom is -0.469 e. The highest BCUT2D eigenvalue weighted by molar-refractivity contribution is 6.30. The molecule has 0 bridgehead atoms. The second-order valence-electron chi connectivity index (χ2n) is 4.36. The second kappa shape index (κ2) is 4.68. The van der Waals surface area contributed by atoms with Crippen LogP contribution in [0.1, 0.15) is 5.76 Å². The van der Waals surface area contributed by atoms with Gasteiger partial charge in [-0.1, -0.05) is 11.6 Å². The second-order valence-corrected chi connectivity index (χ2v) is 4.76. The van der Waals surface area contributed by atoms with Crippen LogP contribution in [0.4, 0.5) is 10.2 Å². The van der Waals surface area contributed by atoms with Crippen molar-refractivity contribution >= 4 is 17.4 Å². The highest BCUT2D eigenvalue weighted by atomic mass is 35.5. The van der Waals surface area contributed by atoms with Crippen LogP contribution in [0.5, 0.6) is 0 Å². The Morgan fingerprint density at radius 3 is 2.75 bits per heavy atom. The number of nitrogens with two attached hydrogens (primary N) is 1. The molecule has 0 radical (unpaired) electrons. The smallest absolute Gasteiger partial charge is 0.143 e. The molecular weight excluding hydrogens is 281 g/mol. The number of hydrogen-bond acceptors (Lipinski definition) is 3. The maximum Gasteiger partial charge on any atom is 0.143 e. The van der Waals surface area contributed by atoms with E-state index in [0.717, 1.165) is 11.3 Å². The molecule has 0 aliphatic heterocycles. The van der Waals surface area contributed by atoms with Crippen molar-refractivity contribution in [2.24, 2.45) is 0 Å². The first-order valence-corrected chi connectivity index (χ1v) is 6.29. The number of nitrogen functional groups attached to an aromatic ring is 1. The van der Waals surface area contributed by atoms with E-state index < -0.39 is 5.82 Å². The van der Waals surface area contributed by atoms with Crippen LogP contribution in [0.15, 0.2) is 41.0 Å². The molecule has 0 aliphatic rings. The Morgan fingerprint density at radius 2 is 2.10 bits per heavy atom. The van der Waals surface area contributed by atoms with Gasteiger partial charge >= 0.3 is 0 Å². The summed E-state index contributed by atoms with van der Waals surface area (Å²) < 4.78 is 20.2. The molecule has 0 saturated carbocycles. The molecule has 20 heavy (non-hydrogen) atoms. The molecule has 0 atom stereocenters. The summed E-state index contributed by atoms with van der Waals surface area (Å²) in [5, 5.41) is 4.44. The molecular formula is C14H11ClFN3O. The van der Waals surface area contributed by atoms with E-state index in [1.54, 1.807) is 18.4 Å². The lowest BCUT2D eigenvalue weighted by Gasteiger charge is -2.04. The highest BCUT2D eigenvalue weighted by Gasteiger charge is 2.13. The molecule has 2 aromatic heterocycles. The van der Waals surface area contributed by atoms with Crippen molar-refractivity contribution in [1.29, 1.82) is 0 Å². The van der Waals surface area contributed by atoms with Gasteiger partial charge in [0.05, 0.1) is 22.7 Å². The molecule has 2 N–H and O–H groups in total. The molecule has 0 saturated heterocycles. The summed E-state index contributed by atoms with van der Waals surface area (Å²) in [6.45, 7) is 1.84. The van der Waals surface area contributed by atoms with Gasteiger partial charge < -0.3 is 10.2 Å². The molecule has 3 rings (SSSR count). The summed E-state index contributed by atoms with van der Waals surface area (Å²) in [5.41, 5.74) is 7.97. The van der Waals surface area contributed by atoms with E-state index in [4.69, 9.17) is 21.8 Å². The molecule has 6 heteroatoms. The zero-order valence-corrected chi connectivity index (χ0v) is 11.4. The fourth-order valence-electron chi connectivity index (χ4n) is 2.00. The van der Waals surface area contributed by atoms with Crippen molar-refractivity contribution in [3.8, 4) is 16.9 Å². The van der Waals surface area contributed by atoms with Crippen LogP contribution in [-0.2, 0) is 0 Å². The van der Waals surface area contributed by atoms with Gasteiger partial charge in [-0.05, 0) is 25.1 Å². The average molecular weight is 292 g/mol. The normalized spacial score (nSPS) is 10.9. The van der Waals surface area contributed by atoms with Gasteiger partial charge in [-0.3, -0.25) is 0 Å². The summed E-state index contributed by atoms with van der Waals surface area (Å²) in [6, 6.07) is 7.93. The quantitative estimate of drug-likeness (QED) is 0.781. The number of aromatic nitrogens is 2. The minimum absolute atomic E-state index is 0.0605. The van der Waals surface area contributed by atoms with Crippen molar-refractivity contribution in [3.63, 3.8) is 0 Å². The van der Waals surface area contributed by atoms with Crippen molar-refractivity contribution in [2.45, 2.75) is 6.92 Å². The first-order valence-electron chi connectivity index (χ1n) is 5.91. The van der Waals surface area contributed by atoms with E-state index in [-0.39, 0.29) is 5.02 Å². The van der Waals surface area contributed by atoms with E-state index >= 15 is 0 Å². The Morgan fingerprint density at radius 1 is 1.30 bits per heavy atom. The van der Waals surface area contributed by atoms with Gasteiger partial charge in [0.2, 0.25) is 0 Å². The zero-order chi connectivity index (χ0) is 14.3. The molecule has 0 spiro atoms. The van der Waals surface area contributed by atoms with Gasteiger partial charge in [-0.15, -0.1) is 0 Å². The first-order chi connectivity index (χ1) is 9.56. The van der Waals surface area contributed by atoms with Gasteiger partial charge in [0.15, 0.2) is 0 Å². The summed E-state index contributed by atoms with van der Waals surface area (Å²) in [7, 11) is 0.